The Morgan fingerprint density at radius 1 is 0.952 bits per heavy atom. The van der Waals surface area contributed by atoms with Gasteiger partial charge in [0.25, 0.3) is 0 Å². The molecule has 0 rings (SSSR count). The molecule has 122 valence electrons. The van der Waals surface area contributed by atoms with Crippen LogP contribution in [0.25, 0.3) is 0 Å². The Bertz CT molecular complexity index is 295. The minimum atomic E-state index is -0.709. The van der Waals surface area contributed by atoms with Gasteiger partial charge in [-0.25, -0.2) is 0 Å². The van der Waals surface area contributed by atoms with E-state index in [0.29, 0.717) is 0 Å². The molecule has 21 heavy (non-hydrogen) atoms. The quantitative estimate of drug-likeness (QED) is 0.355. The lowest BCUT2D eigenvalue weighted by molar-refractivity contribution is -0.137. The monoisotopic (exact) mass is 296 g/mol. The van der Waals surface area contributed by atoms with E-state index in [9.17, 15) is 9.90 Å². The van der Waals surface area contributed by atoms with E-state index in [1.807, 2.05) is 0 Å². The van der Waals surface area contributed by atoms with Crippen molar-refractivity contribution in [3.05, 3.63) is 24.3 Å². The van der Waals surface area contributed by atoms with Crippen molar-refractivity contribution in [2.45, 2.75) is 83.7 Å². The van der Waals surface area contributed by atoms with Crippen molar-refractivity contribution in [1.82, 2.24) is 0 Å². The predicted molar refractivity (Wildman–Crippen MR) is 88.4 cm³/mol. The van der Waals surface area contributed by atoms with E-state index in [1.165, 1.54) is 12.8 Å². The number of carboxylic acids is 1. The first-order chi connectivity index (χ1) is 10.2. The number of allylic oxidation sites excluding steroid dienone is 4. The summed E-state index contributed by atoms with van der Waals surface area (Å²) in [6.45, 7) is 2.18. The van der Waals surface area contributed by atoms with Crippen LogP contribution in [-0.4, -0.2) is 22.3 Å². The van der Waals surface area contributed by atoms with Crippen LogP contribution < -0.4 is 0 Å². The van der Waals surface area contributed by atoms with Crippen LogP contribution >= 0.6 is 0 Å². The lowest BCUT2D eigenvalue weighted by Gasteiger charge is -2.07. The molecule has 0 aromatic heterocycles. The maximum Gasteiger partial charge on any atom is 0.303 e. The summed E-state index contributed by atoms with van der Waals surface area (Å²) in [7, 11) is 0. The number of carboxylic acid groups (broad SMARTS) is 1. The molecule has 3 nitrogen and oxygen atoms in total. The van der Waals surface area contributed by atoms with Gasteiger partial charge in [0.2, 0.25) is 0 Å². The average molecular weight is 296 g/mol. The molecule has 0 aliphatic carbocycles. The van der Waals surface area contributed by atoms with Gasteiger partial charge >= 0.3 is 5.97 Å². The van der Waals surface area contributed by atoms with Gasteiger partial charge < -0.3 is 10.2 Å². The molecule has 0 saturated heterocycles. The van der Waals surface area contributed by atoms with Crippen molar-refractivity contribution in [2.75, 3.05) is 0 Å². The van der Waals surface area contributed by atoms with Crippen LogP contribution in [0.5, 0.6) is 0 Å². The highest BCUT2D eigenvalue weighted by atomic mass is 16.4. The van der Waals surface area contributed by atoms with Crippen LogP contribution in [0.3, 0.4) is 0 Å². The normalized spacial score (nSPS) is 13.2. The van der Waals surface area contributed by atoms with Crippen molar-refractivity contribution < 1.29 is 15.0 Å². The maximum absolute atomic E-state index is 10.3. The molecule has 3 heteroatoms. The molecule has 0 amide bonds. The van der Waals surface area contributed by atoms with E-state index in [-0.39, 0.29) is 12.5 Å². The van der Waals surface area contributed by atoms with Crippen molar-refractivity contribution in [2.24, 2.45) is 0 Å². The van der Waals surface area contributed by atoms with Crippen LogP contribution in [0.15, 0.2) is 24.3 Å². The SMILES string of the molecule is CCCCCC(O)CCC=CCC=CCCCCC(=O)O. The van der Waals surface area contributed by atoms with Gasteiger partial charge in [-0.1, -0.05) is 50.5 Å². The van der Waals surface area contributed by atoms with E-state index in [1.54, 1.807) is 0 Å². The second-order valence-corrected chi connectivity index (χ2v) is 5.54. The van der Waals surface area contributed by atoms with Crippen molar-refractivity contribution in [1.29, 1.82) is 0 Å². The smallest absolute Gasteiger partial charge is 0.303 e. The maximum atomic E-state index is 10.3. The van der Waals surface area contributed by atoms with Gasteiger partial charge in [-0.2, -0.15) is 0 Å². The zero-order valence-electron chi connectivity index (χ0n) is 13.5. The van der Waals surface area contributed by atoms with Crippen LogP contribution in [0.2, 0.25) is 0 Å². The second kappa shape index (κ2) is 15.3. The molecule has 0 heterocycles. The molecule has 0 fully saturated rings. The largest absolute Gasteiger partial charge is 0.481 e. The first-order valence-electron chi connectivity index (χ1n) is 8.36. The number of aliphatic hydroxyl groups is 1. The summed E-state index contributed by atoms with van der Waals surface area (Å²) < 4.78 is 0. The number of hydrogen-bond acceptors (Lipinski definition) is 2. The fourth-order valence-electron chi connectivity index (χ4n) is 2.11. The third-order valence-electron chi connectivity index (χ3n) is 3.42. The Morgan fingerprint density at radius 2 is 1.67 bits per heavy atom. The number of hydrogen-bond donors (Lipinski definition) is 2. The standard InChI is InChI=1S/C18H32O3/c1-2-3-11-14-17(19)15-12-9-7-5-4-6-8-10-13-16-18(20)21/h4,6-7,9,17,19H,2-3,5,8,10-16H2,1H3,(H,20,21). The van der Waals surface area contributed by atoms with Gasteiger partial charge in [0, 0.05) is 6.42 Å². The molecule has 0 aliphatic rings. The predicted octanol–water partition coefficient (Wildman–Crippen LogP) is 4.86. The summed E-state index contributed by atoms with van der Waals surface area (Å²) in [5.41, 5.74) is 0. The van der Waals surface area contributed by atoms with E-state index < -0.39 is 5.97 Å². The fourth-order valence-corrected chi connectivity index (χ4v) is 2.11. The molecule has 2 N–H and O–H groups in total. The Kier molecular flexibility index (Phi) is 14.5. The highest BCUT2D eigenvalue weighted by molar-refractivity contribution is 5.66. The summed E-state index contributed by atoms with van der Waals surface area (Å²) >= 11 is 0. The minimum Gasteiger partial charge on any atom is -0.481 e. The van der Waals surface area contributed by atoms with Crippen molar-refractivity contribution in [3.63, 3.8) is 0 Å². The zero-order valence-corrected chi connectivity index (χ0v) is 13.5. The molecule has 0 spiro atoms. The number of carbonyl (C=O) groups is 1. The van der Waals surface area contributed by atoms with Gasteiger partial charge in [-0.15, -0.1) is 0 Å². The van der Waals surface area contributed by atoms with E-state index in [4.69, 9.17) is 5.11 Å². The molecular formula is C18H32O3. The summed E-state index contributed by atoms with van der Waals surface area (Å²) in [5.74, 6) is -0.709. The zero-order chi connectivity index (χ0) is 15.8. The number of aliphatic carboxylic acids is 1. The Balaban J connectivity index is 3.37. The first-order valence-corrected chi connectivity index (χ1v) is 8.36. The van der Waals surface area contributed by atoms with Gasteiger partial charge in [-0.05, 0) is 44.9 Å². The third-order valence-corrected chi connectivity index (χ3v) is 3.42. The molecular weight excluding hydrogens is 264 g/mol. The number of unbranched alkanes of at least 4 members (excludes halogenated alkanes) is 4. The molecule has 0 aromatic rings. The van der Waals surface area contributed by atoms with Crippen LogP contribution in [-0.2, 0) is 4.79 Å². The van der Waals surface area contributed by atoms with Gasteiger partial charge in [-0.3, -0.25) is 4.79 Å². The summed E-state index contributed by atoms with van der Waals surface area (Å²) in [6, 6.07) is 0. The van der Waals surface area contributed by atoms with Crippen LogP contribution in [0.4, 0.5) is 0 Å². The van der Waals surface area contributed by atoms with Gasteiger partial charge in [0.1, 0.15) is 0 Å². The third kappa shape index (κ3) is 16.9. The lowest BCUT2D eigenvalue weighted by Crippen LogP contribution is -2.05. The first kappa shape index (κ1) is 19.9. The van der Waals surface area contributed by atoms with E-state index in [0.717, 1.165) is 51.4 Å². The Morgan fingerprint density at radius 3 is 2.33 bits per heavy atom. The average Bonchev–Trinajstić information content (AvgIpc) is 2.44. The molecule has 0 bridgehead atoms. The fraction of sp³-hybridized carbons (Fsp3) is 0.722. The van der Waals surface area contributed by atoms with Gasteiger partial charge in [0.15, 0.2) is 0 Å². The Hall–Kier alpha value is -1.09. The van der Waals surface area contributed by atoms with Crippen molar-refractivity contribution in [3.8, 4) is 0 Å². The molecule has 1 atom stereocenters. The molecule has 1 unspecified atom stereocenters. The summed E-state index contributed by atoms with van der Waals surface area (Å²) in [6.07, 6.45) is 18.5. The van der Waals surface area contributed by atoms with Crippen LogP contribution in [0, 0.1) is 0 Å². The second-order valence-electron chi connectivity index (χ2n) is 5.54. The lowest BCUT2D eigenvalue weighted by atomic mass is 10.1. The minimum absolute atomic E-state index is 0.147. The number of rotatable bonds is 14. The summed E-state index contributed by atoms with van der Waals surface area (Å²) in [4.78, 5) is 10.3. The van der Waals surface area contributed by atoms with E-state index >= 15 is 0 Å². The number of aliphatic hydroxyl groups excluding tert-OH is 1. The molecule has 0 saturated carbocycles. The van der Waals surface area contributed by atoms with Crippen LogP contribution in [0.1, 0.15) is 77.6 Å². The molecule has 0 aromatic carbocycles. The van der Waals surface area contributed by atoms with E-state index in [2.05, 4.69) is 31.2 Å². The van der Waals surface area contributed by atoms with Crippen molar-refractivity contribution >= 4 is 5.97 Å². The summed E-state index contributed by atoms with van der Waals surface area (Å²) in [5, 5.41) is 18.2. The molecule has 0 radical (unpaired) electrons. The highest BCUT2D eigenvalue weighted by Crippen LogP contribution is 2.08. The molecule has 0 aliphatic heterocycles. The highest BCUT2D eigenvalue weighted by Gasteiger charge is 2.01. The topological polar surface area (TPSA) is 57.5 Å². The Labute approximate surface area is 129 Å². The van der Waals surface area contributed by atoms with Gasteiger partial charge in [0.05, 0.1) is 6.10 Å².